The molecule has 6 heteroatoms. The normalized spacial score (nSPS) is 22.5. The lowest BCUT2D eigenvalue weighted by atomic mass is 9.87. The molecular weight excluding hydrogens is 519 g/mol. The van der Waals surface area contributed by atoms with E-state index in [9.17, 15) is 0 Å². The van der Waals surface area contributed by atoms with Crippen molar-refractivity contribution in [2.75, 3.05) is 39.8 Å². The first-order valence-corrected chi connectivity index (χ1v) is 15.2. The van der Waals surface area contributed by atoms with E-state index in [1.54, 1.807) is 0 Å². The fourth-order valence-corrected chi connectivity index (χ4v) is 7.47. The lowest BCUT2D eigenvalue weighted by Crippen LogP contribution is -2.39. The molecule has 2 saturated heterocycles. The number of nitrogens with zero attached hydrogens (tertiary/aromatic N) is 2. The van der Waals surface area contributed by atoms with Crippen LogP contribution < -0.4 is 0 Å². The predicted octanol–water partition coefficient (Wildman–Crippen LogP) is 7.63. The molecule has 2 fully saturated rings. The Morgan fingerprint density at radius 2 is 1.81 bits per heavy atom. The average Bonchev–Trinajstić information content (AvgIpc) is 3.57. The van der Waals surface area contributed by atoms with Crippen LogP contribution in [0.4, 0.5) is 0 Å². The SMILES string of the molecule is CO[C@H](Cc1ccccc1)CC1CCN(CC2CN(Cc3ccc(Cl)cc3Cl)CC2c2ccsc2)CC1. The summed E-state index contributed by atoms with van der Waals surface area (Å²) in [6.45, 7) is 6.66. The molecule has 3 heterocycles. The number of rotatable bonds is 10. The van der Waals surface area contributed by atoms with Crippen molar-refractivity contribution in [3.8, 4) is 0 Å². The number of hydrogen-bond donors (Lipinski definition) is 0. The van der Waals surface area contributed by atoms with Crippen molar-refractivity contribution in [2.24, 2.45) is 11.8 Å². The first-order valence-electron chi connectivity index (χ1n) is 13.5. The van der Waals surface area contributed by atoms with Crippen molar-refractivity contribution >= 4 is 34.5 Å². The summed E-state index contributed by atoms with van der Waals surface area (Å²) in [6.07, 6.45) is 5.03. The van der Waals surface area contributed by atoms with Gasteiger partial charge in [-0.2, -0.15) is 11.3 Å². The third-order valence-electron chi connectivity index (χ3n) is 8.33. The Bertz CT molecular complexity index is 1100. The van der Waals surface area contributed by atoms with Crippen molar-refractivity contribution in [1.82, 2.24) is 9.80 Å². The molecule has 0 N–H and O–H groups in total. The lowest BCUT2D eigenvalue weighted by Gasteiger charge is -2.35. The molecule has 0 spiro atoms. The number of piperidine rings is 1. The summed E-state index contributed by atoms with van der Waals surface area (Å²) < 4.78 is 5.89. The molecule has 3 atom stereocenters. The summed E-state index contributed by atoms with van der Waals surface area (Å²) >= 11 is 14.5. The molecule has 2 aliphatic heterocycles. The predicted molar refractivity (Wildman–Crippen MR) is 157 cm³/mol. The van der Waals surface area contributed by atoms with Gasteiger partial charge in [0, 0.05) is 49.3 Å². The molecule has 37 heavy (non-hydrogen) atoms. The Balaban J connectivity index is 1.15. The summed E-state index contributed by atoms with van der Waals surface area (Å²) in [4.78, 5) is 5.31. The number of benzene rings is 2. The lowest BCUT2D eigenvalue weighted by molar-refractivity contribution is 0.0621. The van der Waals surface area contributed by atoms with Crippen LogP contribution in [-0.4, -0.2) is 55.7 Å². The minimum Gasteiger partial charge on any atom is -0.381 e. The maximum absolute atomic E-state index is 6.51. The summed E-state index contributed by atoms with van der Waals surface area (Å²) in [5.41, 5.74) is 4.04. The monoisotopic (exact) mass is 556 g/mol. The smallest absolute Gasteiger partial charge is 0.0614 e. The van der Waals surface area contributed by atoms with Gasteiger partial charge in [0.05, 0.1) is 6.10 Å². The molecule has 0 amide bonds. The zero-order valence-electron chi connectivity index (χ0n) is 21.7. The van der Waals surface area contributed by atoms with Gasteiger partial charge in [-0.1, -0.05) is 59.6 Å². The Hall–Kier alpha value is -1.40. The van der Waals surface area contributed by atoms with Crippen molar-refractivity contribution in [3.63, 3.8) is 0 Å². The third-order valence-corrected chi connectivity index (χ3v) is 9.62. The van der Waals surface area contributed by atoms with E-state index in [0.29, 0.717) is 23.0 Å². The minimum atomic E-state index is 0.310. The zero-order chi connectivity index (χ0) is 25.6. The van der Waals surface area contributed by atoms with Gasteiger partial charge in [0.2, 0.25) is 0 Å². The third kappa shape index (κ3) is 7.38. The van der Waals surface area contributed by atoms with Crippen molar-refractivity contribution in [2.45, 2.75) is 44.2 Å². The first kappa shape index (κ1) is 27.2. The van der Waals surface area contributed by atoms with Gasteiger partial charge in [0.15, 0.2) is 0 Å². The van der Waals surface area contributed by atoms with Gasteiger partial charge in [-0.25, -0.2) is 0 Å². The minimum absolute atomic E-state index is 0.310. The van der Waals surface area contributed by atoms with E-state index in [2.05, 4.69) is 63.0 Å². The van der Waals surface area contributed by atoms with E-state index in [1.807, 2.05) is 30.6 Å². The topological polar surface area (TPSA) is 15.7 Å². The molecule has 0 saturated carbocycles. The second-order valence-corrected chi connectivity index (χ2v) is 12.5. The van der Waals surface area contributed by atoms with Crippen LogP contribution in [0.2, 0.25) is 10.0 Å². The fraction of sp³-hybridized carbons (Fsp3) is 0.484. The van der Waals surface area contributed by atoms with Gasteiger partial charge in [-0.05, 0) is 96.3 Å². The molecule has 2 aliphatic rings. The van der Waals surface area contributed by atoms with E-state index >= 15 is 0 Å². The molecule has 0 radical (unpaired) electrons. The van der Waals surface area contributed by atoms with Gasteiger partial charge in [0.25, 0.3) is 0 Å². The van der Waals surface area contributed by atoms with E-state index in [1.165, 1.54) is 49.2 Å². The van der Waals surface area contributed by atoms with Gasteiger partial charge >= 0.3 is 0 Å². The van der Waals surface area contributed by atoms with Crippen LogP contribution in [0, 0.1) is 11.8 Å². The van der Waals surface area contributed by atoms with E-state index in [0.717, 1.165) is 43.4 Å². The Morgan fingerprint density at radius 3 is 2.51 bits per heavy atom. The molecule has 1 aromatic heterocycles. The summed E-state index contributed by atoms with van der Waals surface area (Å²) in [6, 6.07) is 19.0. The van der Waals surface area contributed by atoms with E-state index in [-0.39, 0.29) is 0 Å². The molecule has 2 aromatic carbocycles. The number of halogens is 2. The highest BCUT2D eigenvalue weighted by molar-refractivity contribution is 7.08. The number of likely N-dealkylation sites (tertiary alicyclic amines) is 2. The standard InChI is InChI=1S/C31H38Cl2N2OS/c1-36-29(15-23-5-3-2-4-6-23)16-24-9-12-34(13-10-24)19-27-20-35(21-30(27)26-11-14-37-22-26)18-25-7-8-28(32)17-31(25)33/h2-8,11,14,17,22,24,27,29-30H,9-10,12-13,15-16,18-21H2,1H3/t27?,29-,30?/m1/s1. The largest absolute Gasteiger partial charge is 0.381 e. The number of ether oxygens (including phenoxy) is 1. The summed E-state index contributed by atoms with van der Waals surface area (Å²) in [5.74, 6) is 1.98. The highest BCUT2D eigenvalue weighted by atomic mass is 35.5. The first-order chi connectivity index (χ1) is 18.1. The van der Waals surface area contributed by atoms with Crippen LogP contribution in [-0.2, 0) is 17.7 Å². The second-order valence-electron chi connectivity index (χ2n) is 10.9. The number of thiophene rings is 1. The van der Waals surface area contributed by atoms with Crippen LogP contribution in [0.25, 0.3) is 0 Å². The molecular formula is C31H38Cl2N2OS. The van der Waals surface area contributed by atoms with Crippen molar-refractivity contribution in [1.29, 1.82) is 0 Å². The number of methoxy groups -OCH3 is 1. The summed E-state index contributed by atoms with van der Waals surface area (Å²) in [7, 11) is 1.87. The van der Waals surface area contributed by atoms with Crippen molar-refractivity contribution < 1.29 is 4.74 Å². The molecule has 2 unspecified atom stereocenters. The van der Waals surface area contributed by atoms with Crippen LogP contribution in [0.1, 0.15) is 41.9 Å². The fourth-order valence-electron chi connectivity index (χ4n) is 6.28. The highest BCUT2D eigenvalue weighted by Gasteiger charge is 2.36. The van der Waals surface area contributed by atoms with Gasteiger partial charge < -0.3 is 9.64 Å². The van der Waals surface area contributed by atoms with Gasteiger partial charge in [-0.3, -0.25) is 4.90 Å². The van der Waals surface area contributed by atoms with Crippen molar-refractivity contribution in [3.05, 3.63) is 92.1 Å². The zero-order valence-corrected chi connectivity index (χ0v) is 24.0. The number of hydrogen-bond acceptors (Lipinski definition) is 4. The van der Waals surface area contributed by atoms with Gasteiger partial charge in [-0.15, -0.1) is 0 Å². The van der Waals surface area contributed by atoms with Crippen LogP contribution in [0.15, 0.2) is 65.4 Å². The Kier molecular flexibility index (Phi) is 9.62. The maximum Gasteiger partial charge on any atom is 0.0614 e. The molecule has 3 aromatic rings. The highest BCUT2D eigenvalue weighted by Crippen LogP contribution is 2.37. The van der Waals surface area contributed by atoms with Crippen LogP contribution >= 0.6 is 34.5 Å². The summed E-state index contributed by atoms with van der Waals surface area (Å²) in [5, 5.41) is 6.04. The van der Waals surface area contributed by atoms with Crippen LogP contribution in [0.5, 0.6) is 0 Å². The van der Waals surface area contributed by atoms with Gasteiger partial charge in [0.1, 0.15) is 0 Å². The van der Waals surface area contributed by atoms with E-state index in [4.69, 9.17) is 27.9 Å². The molecule has 198 valence electrons. The average molecular weight is 558 g/mol. The molecule has 0 bridgehead atoms. The maximum atomic E-state index is 6.51. The quantitative estimate of drug-likeness (QED) is 0.255. The van der Waals surface area contributed by atoms with E-state index < -0.39 is 0 Å². The Labute approximate surface area is 236 Å². The molecule has 5 rings (SSSR count). The second kappa shape index (κ2) is 13.1. The van der Waals surface area contributed by atoms with Crippen LogP contribution in [0.3, 0.4) is 0 Å². The Morgan fingerprint density at radius 1 is 1.00 bits per heavy atom. The molecule has 0 aliphatic carbocycles. The molecule has 3 nitrogen and oxygen atoms in total.